The molecule has 0 bridgehead atoms. The highest BCUT2D eigenvalue weighted by molar-refractivity contribution is 5.94. The Hall–Kier alpha value is -1.82. The Bertz CT molecular complexity index is 682. The zero-order valence-electron chi connectivity index (χ0n) is 15.0. The molecule has 1 amide bonds. The van der Waals surface area contributed by atoms with Crippen molar-refractivity contribution in [3.8, 4) is 0 Å². The Balaban J connectivity index is 0.00000169. The van der Waals surface area contributed by atoms with Gasteiger partial charge in [-0.15, -0.1) is 24.8 Å². The summed E-state index contributed by atoms with van der Waals surface area (Å²) in [6.45, 7) is 4.03. The third-order valence-corrected chi connectivity index (χ3v) is 4.64. The fourth-order valence-corrected chi connectivity index (χ4v) is 2.94. The molecule has 0 saturated carbocycles. The van der Waals surface area contributed by atoms with E-state index in [0.29, 0.717) is 11.5 Å². The standard InChI is InChI=1S/C19H24N4O.2ClH/c1-14-10-11-20-13-17(14)22-19(24)15-8-9-18(21-12-15)23(2)16-6-4-3-5-7-16;;/h3-9,12,14,17,20H,10-11,13H2,1-2H3,(H,22,24);2*1H. The van der Waals surface area contributed by atoms with Crippen molar-refractivity contribution in [1.29, 1.82) is 0 Å². The second-order valence-corrected chi connectivity index (χ2v) is 6.35. The first kappa shape index (κ1) is 22.2. The number of para-hydroxylation sites is 1. The van der Waals surface area contributed by atoms with Crippen LogP contribution in [0.3, 0.4) is 0 Å². The van der Waals surface area contributed by atoms with Crippen molar-refractivity contribution < 1.29 is 4.79 Å². The van der Waals surface area contributed by atoms with Crippen LogP contribution in [0.5, 0.6) is 0 Å². The minimum absolute atomic E-state index is 0. The molecule has 3 rings (SSSR count). The molecule has 1 fully saturated rings. The molecular formula is C19H26Cl2N4O. The van der Waals surface area contributed by atoms with Crippen LogP contribution in [0, 0.1) is 5.92 Å². The summed E-state index contributed by atoms with van der Waals surface area (Å²) in [5, 5.41) is 6.44. The number of benzene rings is 1. The van der Waals surface area contributed by atoms with Crippen molar-refractivity contribution in [3.63, 3.8) is 0 Å². The van der Waals surface area contributed by atoms with Crippen molar-refractivity contribution in [2.24, 2.45) is 5.92 Å². The normalized spacial score (nSPS) is 18.8. The average Bonchev–Trinajstić information content (AvgIpc) is 2.64. The van der Waals surface area contributed by atoms with E-state index in [1.165, 1.54) is 0 Å². The van der Waals surface area contributed by atoms with Gasteiger partial charge >= 0.3 is 0 Å². The molecule has 1 aromatic carbocycles. The monoisotopic (exact) mass is 396 g/mol. The molecule has 1 aromatic heterocycles. The Labute approximate surface area is 167 Å². The largest absolute Gasteiger partial charge is 0.348 e. The molecule has 2 unspecified atom stereocenters. The SMILES string of the molecule is CC1CCNCC1NC(=O)c1ccc(N(C)c2ccccc2)nc1.Cl.Cl. The van der Waals surface area contributed by atoms with Crippen LogP contribution in [0.15, 0.2) is 48.7 Å². The average molecular weight is 397 g/mol. The fraction of sp³-hybridized carbons (Fsp3) is 0.368. The van der Waals surface area contributed by atoms with Crippen LogP contribution in [-0.4, -0.2) is 37.1 Å². The van der Waals surface area contributed by atoms with Crippen molar-refractivity contribution in [2.45, 2.75) is 19.4 Å². The number of halogens is 2. The highest BCUT2D eigenvalue weighted by Crippen LogP contribution is 2.21. The van der Waals surface area contributed by atoms with E-state index in [9.17, 15) is 4.79 Å². The van der Waals surface area contributed by atoms with E-state index in [1.54, 1.807) is 6.20 Å². The number of amides is 1. The Kier molecular flexibility index (Phi) is 8.85. The predicted octanol–water partition coefficient (Wildman–Crippen LogP) is 3.42. The number of pyridine rings is 1. The molecular weight excluding hydrogens is 371 g/mol. The highest BCUT2D eigenvalue weighted by Gasteiger charge is 2.23. The fourth-order valence-electron chi connectivity index (χ4n) is 2.94. The quantitative estimate of drug-likeness (QED) is 0.830. The number of anilines is 2. The molecule has 1 aliphatic rings. The van der Waals surface area contributed by atoms with Gasteiger partial charge in [-0.25, -0.2) is 4.98 Å². The van der Waals surface area contributed by atoms with Gasteiger partial charge in [0.25, 0.3) is 5.91 Å². The van der Waals surface area contributed by atoms with Gasteiger partial charge in [-0.3, -0.25) is 4.79 Å². The summed E-state index contributed by atoms with van der Waals surface area (Å²) in [6, 6.07) is 13.9. The van der Waals surface area contributed by atoms with Crippen molar-refractivity contribution in [3.05, 3.63) is 54.2 Å². The van der Waals surface area contributed by atoms with E-state index in [4.69, 9.17) is 0 Å². The molecule has 7 heteroatoms. The lowest BCUT2D eigenvalue weighted by molar-refractivity contribution is 0.0915. The molecule has 2 aromatic rings. The maximum atomic E-state index is 12.4. The predicted molar refractivity (Wildman–Crippen MR) is 111 cm³/mol. The van der Waals surface area contributed by atoms with Crippen LogP contribution in [0.4, 0.5) is 11.5 Å². The summed E-state index contributed by atoms with van der Waals surface area (Å²) in [7, 11) is 1.97. The van der Waals surface area contributed by atoms with Gasteiger partial charge in [-0.05, 0) is 43.1 Å². The van der Waals surface area contributed by atoms with Gasteiger partial charge in [0.15, 0.2) is 0 Å². The molecule has 5 nitrogen and oxygen atoms in total. The lowest BCUT2D eigenvalue weighted by Crippen LogP contribution is -2.50. The van der Waals surface area contributed by atoms with E-state index >= 15 is 0 Å². The summed E-state index contributed by atoms with van der Waals surface area (Å²) in [4.78, 5) is 18.8. The molecule has 1 saturated heterocycles. The molecule has 2 atom stereocenters. The molecule has 0 radical (unpaired) electrons. The summed E-state index contributed by atoms with van der Waals surface area (Å²) in [6.07, 6.45) is 2.73. The lowest BCUT2D eigenvalue weighted by atomic mass is 9.94. The van der Waals surface area contributed by atoms with Crippen LogP contribution < -0.4 is 15.5 Å². The number of carbonyl (C=O) groups excluding carboxylic acids is 1. The first-order valence-electron chi connectivity index (χ1n) is 8.41. The number of aromatic nitrogens is 1. The molecule has 2 N–H and O–H groups in total. The number of nitrogens with zero attached hydrogens (tertiary/aromatic N) is 2. The first-order chi connectivity index (χ1) is 11.6. The maximum Gasteiger partial charge on any atom is 0.253 e. The van der Waals surface area contributed by atoms with Gasteiger partial charge in [0.05, 0.1) is 5.56 Å². The van der Waals surface area contributed by atoms with Crippen LogP contribution in [-0.2, 0) is 0 Å². The number of piperidine rings is 1. The van der Waals surface area contributed by atoms with Crippen molar-refractivity contribution in [2.75, 3.05) is 25.0 Å². The van der Waals surface area contributed by atoms with Crippen LogP contribution in [0.1, 0.15) is 23.7 Å². The topological polar surface area (TPSA) is 57.3 Å². The van der Waals surface area contributed by atoms with Gasteiger partial charge in [0.2, 0.25) is 0 Å². The number of carbonyl (C=O) groups is 1. The van der Waals surface area contributed by atoms with Gasteiger partial charge in [0.1, 0.15) is 5.82 Å². The zero-order valence-corrected chi connectivity index (χ0v) is 16.6. The van der Waals surface area contributed by atoms with Gasteiger partial charge in [-0.1, -0.05) is 25.1 Å². The molecule has 0 spiro atoms. The number of rotatable bonds is 4. The number of hydrogen-bond acceptors (Lipinski definition) is 4. The molecule has 2 heterocycles. The minimum Gasteiger partial charge on any atom is -0.348 e. The zero-order chi connectivity index (χ0) is 16.9. The van der Waals surface area contributed by atoms with Gasteiger partial charge in [-0.2, -0.15) is 0 Å². The van der Waals surface area contributed by atoms with Crippen molar-refractivity contribution >= 4 is 42.2 Å². The lowest BCUT2D eigenvalue weighted by Gasteiger charge is -2.30. The van der Waals surface area contributed by atoms with Gasteiger partial charge in [0, 0.05) is 31.5 Å². The van der Waals surface area contributed by atoms with E-state index in [-0.39, 0.29) is 36.8 Å². The summed E-state index contributed by atoms with van der Waals surface area (Å²) in [5.74, 6) is 1.24. The van der Waals surface area contributed by atoms with E-state index in [2.05, 4.69) is 22.5 Å². The molecule has 0 aliphatic carbocycles. The smallest absolute Gasteiger partial charge is 0.253 e. The minimum atomic E-state index is -0.0584. The maximum absolute atomic E-state index is 12.4. The van der Waals surface area contributed by atoms with Crippen LogP contribution in [0.2, 0.25) is 0 Å². The third kappa shape index (κ3) is 5.34. The summed E-state index contributed by atoms with van der Waals surface area (Å²) >= 11 is 0. The number of nitrogens with one attached hydrogen (secondary N) is 2. The van der Waals surface area contributed by atoms with E-state index in [1.807, 2.05) is 54.4 Å². The molecule has 1 aliphatic heterocycles. The van der Waals surface area contributed by atoms with Gasteiger partial charge < -0.3 is 15.5 Å². The first-order valence-corrected chi connectivity index (χ1v) is 8.41. The Morgan fingerprint density at radius 1 is 1.19 bits per heavy atom. The van der Waals surface area contributed by atoms with Crippen LogP contribution in [0.25, 0.3) is 0 Å². The second-order valence-electron chi connectivity index (χ2n) is 6.35. The van der Waals surface area contributed by atoms with E-state index in [0.717, 1.165) is 31.0 Å². The molecule has 142 valence electrons. The second kappa shape index (κ2) is 10.4. The van der Waals surface area contributed by atoms with Crippen LogP contribution >= 0.6 is 24.8 Å². The summed E-state index contributed by atoms with van der Waals surface area (Å²) in [5.41, 5.74) is 1.65. The van der Waals surface area contributed by atoms with E-state index < -0.39 is 0 Å². The molecule has 26 heavy (non-hydrogen) atoms. The summed E-state index contributed by atoms with van der Waals surface area (Å²) < 4.78 is 0. The van der Waals surface area contributed by atoms with Crippen molar-refractivity contribution in [1.82, 2.24) is 15.6 Å². The Morgan fingerprint density at radius 3 is 2.54 bits per heavy atom. The number of hydrogen-bond donors (Lipinski definition) is 2. The third-order valence-electron chi connectivity index (χ3n) is 4.64. The highest BCUT2D eigenvalue weighted by atomic mass is 35.5. The Morgan fingerprint density at radius 2 is 1.92 bits per heavy atom.